The van der Waals surface area contributed by atoms with Gasteiger partial charge < -0.3 is 15.4 Å². The summed E-state index contributed by atoms with van der Waals surface area (Å²) in [7, 11) is 0. The molecule has 1 aromatic heterocycles. The van der Waals surface area contributed by atoms with E-state index in [1.54, 1.807) is 6.26 Å². The predicted octanol–water partition coefficient (Wildman–Crippen LogP) is 1.07. The van der Waals surface area contributed by atoms with Crippen molar-refractivity contribution in [2.45, 2.75) is 25.9 Å². The molecule has 14 heavy (non-hydrogen) atoms. The van der Waals surface area contributed by atoms with E-state index in [0.29, 0.717) is 0 Å². The molecule has 0 aromatic carbocycles. The molecule has 0 aliphatic rings. The number of nitrogens with zero attached hydrogens (tertiary/aromatic N) is 1. The van der Waals surface area contributed by atoms with Crippen LogP contribution in [0.3, 0.4) is 0 Å². The highest BCUT2D eigenvalue weighted by molar-refractivity contribution is 5.84. The third-order valence-corrected chi connectivity index (χ3v) is 2.03. The summed E-state index contributed by atoms with van der Waals surface area (Å²) >= 11 is 0. The largest absolute Gasteiger partial charge is 0.468 e. The van der Waals surface area contributed by atoms with Crippen LogP contribution < -0.4 is 11.1 Å². The molecule has 0 spiro atoms. The van der Waals surface area contributed by atoms with Crippen LogP contribution in [-0.2, 0) is 0 Å². The maximum absolute atomic E-state index is 8.45. The summed E-state index contributed by atoms with van der Waals surface area (Å²) in [5.74, 6) is 0.978. The van der Waals surface area contributed by atoms with Gasteiger partial charge in [0, 0.05) is 0 Å². The highest BCUT2D eigenvalue weighted by atomic mass is 16.4. The van der Waals surface area contributed by atoms with Crippen molar-refractivity contribution in [2.75, 3.05) is 0 Å². The molecule has 0 saturated heterocycles. The molecule has 1 heterocycles. The number of oxime groups is 1. The van der Waals surface area contributed by atoms with E-state index in [4.69, 9.17) is 15.4 Å². The predicted molar refractivity (Wildman–Crippen MR) is 53.1 cm³/mol. The van der Waals surface area contributed by atoms with Crippen LogP contribution in [-0.4, -0.2) is 17.1 Å². The smallest absolute Gasteiger partial charge is 0.156 e. The van der Waals surface area contributed by atoms with Crippen molar-refractivity contribution >= 4 is 5.84 Å². The van der Waals surface area contributed by atoms with Crippen LogP contribution in [0.4, 0.5) is 0 Å². The lowest BCUT2D eigenvalue weighted by atomic mass is 10.2. The van der Waals surface area contributed by atoms with Gasteiger partial charge in [-0.05, 0) is 26.0 Å². The number of nitrogens with one attached hydrogen (secondary N) is 1. The Labute approximate surface area is 82.6 Å². The zero-order chi connectivity index (χ0) is 10.6. The van der Waals surface area contributed by atoms with E-state index in [-0.39, 0.29) is 17.9 Å². The standard InChI is InChI=1S/C9H15N3O2/c1-6(8-4-3-5-14-8)11-7(2)9(10)12-13/h3-7,11,13H,1-2H3,(H2,10,12). The van der Waals surface area contributed by atoms with Crippen LogP contribution in [0.15, 0.2) is 28.0 Å². The second-order valence-electron chi connectivity index (χ2n) is 3.15. The molecule has 0 bridgehead atoms. The van der Waals surface area contributed by atoms with Gasteiger partial charge in [0.05, 0.1) is 18.3 Å². The van der Waals surface area contributed by atoms with E-state index < -0.39 is 0 Å². The zero-order valence-corrected chi connectivity index (χ0v) is 8.27. The maximum atomic E-state index is 8.45. The molecular weight excluding hydrogens is 182 g/mol. The second kappa shape index (κ2) is 4.66. The van der Waals surface area contributed by atoms with Crippen molar-refractivity contribution in [1.29, 1.82) is 0 Å². The van der Waals surface area contributed by atoms with Gasteiger partial charge >= 0.3 is 0 Å². The average Bonchev–Trinajstić information content (AvgIpc) is 2.69. The fraction of sp³-hybridized carbons (Fsp3) is 0.444. The topological polar surface area (TPSA) is 83.8 Å². The molecule has 0 radical (unpaired) electrons. The number of hydrogen-bond acceptors (Lipinski definition) is 4. The summed E-state index contributed by atoms with van der Waals surface area (Å²) in [6.45, 7) is 3.76. The number of nitrogens with two attached hydrogens (primary N) is 1. The lowest BCUT2D eigenvalue weighted by Gasteiger charge is -2.16. The molecule has 0 amide bonds. The van der Waals surface area contributed by atoms with Crippen LogP contribution in [0.5, 0.6) is 0 Å². The van der Waals surface area contributed by atoms with Gasteiger partial charge in [-0.1, -0.05) is 5.16 Å². The second-order valence-corrected chi connectivity index (χ2v) is 3.15. The SMILES string of the molecule is CC(NC(C)c1ccco1)C(N)=NO. The Morgan fingerprint density at radius 2 is 2.36 bits per heavy atom. The molecule has 5 heteroatoms. The van der Waals surface area contributed by atoms with Gasteiger partial charge in [0.1, 0.15) is 5.76 Å². The summed E-state index contributed by atoms with van der Waals surface area (Å²) in [6.07, 6.45) is 1.61. The zero-order valence-electron chi connectivity index (χ0n) is 8.27. The monoisotopic (exact) mass is 197 g/mol. The first-order valence-electron chi connectivity index (χ1n) is 4.42. The number of furan rings is 1. The summed E-state index contributed by atoms with van der Waals surface area (Å²) in [6, 6.07) is 3.53. The minimum atomic E-state index is -0.194. The fourth-order valence-electron chi connectivity index (χ4n) is 1.17. The van der Waals surface area contributed by atoms with Gasteiger partial charge in [0.15, 0.2) is 5.84 Å². The Kier molecular flexibility index (Phi) is 3.53. The van der Waals surface area contributed by atoms with Gasteiger partial charge in [0.2, 0.25) is 0 Å². The third kappa shape index (κ3) is 2.50. The number of hydrogen-bond donors (Lipinski definition) is 3. The van der Waals surface area contributed by atoms with E-state index in [0.717, 1.165) is 5.76 Å². The molecule has 2 unspecified atom stereocenters. The Hall–Kier alpha value is -1.49. The first-order valence-corrected chi connectivity index (χ1v) is 4.42. The highest BCUT2D eigenvalue weighted by Crippen LogP contribution is 2.12. The van der Waals surface area contributed by atoms with Gasteiger partial charge in [0.25, 0.3) is 0 Å². The van der Waals surface area contributed by atoms with Gasteiger partial charge in [-0.25, -0.2) is 0 Å². The van der Waals surface area contributed by atoms with E-state index in [2.05, 4.69) is 10.5 Å². The average molecular weight is 197 g/mol. The first-order chi connectivity index (χ1) is 6.65. The van der Waals surface area contributed by atoms with Gasteiger partial charge in [-0.3, -0.25) is 5.32 Å². The Morgan fingerprint density at radius 1 is 1.64 bits per heavy atom. The fourth-order valence-corrected chi connectivity index (χ4v) is 1.17. The quantitative estimate of drug-likeness (QED) is 0.292. The lowest BCUT2D eigenvalue weighted by molar-refractivity contribution is 0.313. The summed E-state index contributed by atoms with van der Waals surface area (Å²) < 4.78 is 5.20. The molecule has 1 aromatic rings. The van der Waals surface area contributed by atoms with Crippen molar-refractivity contribution in [3.05, 3.63) is 24.2 Å². The highest BCUT2D eigenvalue weighted by Gasteiger charge is 2.13. The van der Waals surface area contributed by atoms with E-state index in [1.807, 2.05) is 26.0 Å². The Balaban J connectivity index is 2.53. The normalized spacial score (nSPS) is 16.6. The molecule has 0 aliphatic heterocycles. The van der Waals surface area contributed by atoms with Crippen molar-refractivity contribution in [3.8, 4) is 0 Å². The third-order valence-electron chi connectivity index (χ3n) is 2.03. The van der Waals surface area contributed by atoms with Gasteiger partial charge in [-0.2, -0.15) is 0 Å². The van der Waals surface area contributed by atoms with Gasteiger partial charge in [-0.15, -0.1) is 0 Å². The Morgan fingerprint density at radius 3 is 2.86 bits per heavy atom. The van der Waals surface area contributed by atoms with Crippen molar-refractivity contribution in [1.82, 2.24) is 5.32 Å². The molecule has 78 valence electrons. The number of rotatable bonds is 4. The van der Waals surface area contributed by atoms with Crippen molar-refractivity contribution in [2.24, 2.45) is 10.9 Å². The van der Waals surface area contributed by atoms with Crippen molar-refractivity contribution < 1.29 is 9.62 Å². The molecule has 2 atom stereocenters. The molecule has 5 nitrogen and oxygen atoms in total. The maximum Gasteiger partial charge on any atom is 0.156 e. The molecule has 4 N–H and O–H groups in total. The molecular formula is C9H15N3O2. The summed E-state index contributed by atoms with van der Waals surface area (Å²) in [4.78, 5) is 0. The van der Waals surface area contributed by atoms with E-state index >= 15 is 0 Å². The van der Waals surface area contributed by atoms with Crippen molar-refractivity contribution in [3.63, 3.8) is 0 Å². The van der Waals surface area contributed by atoms with Crippen LogP contribution in [0.1, 0.15) is 25.6 Å². The molecule has 0 aliphatic carbocycles. The van der Waals surface area contributed by atoms with Crippen LogP contribution in [0.2, 0.25) is 0 Å². The van der Waals surface area contributed by atoms with Crippen LogP contribution >= 0.6 is 0 Å². The van der Waals surface area contributed by atoms with Crippen LogP contribution in [0.25, 0.3) is 0 Å². The molecule has 0 fully saturated rings. The summed E-state index contributed by atoms with van der Waals surface area (Å²) in [5, 5.41) is 14.5. The minimum absolute atomic E-state index is 0.0281. The summed E-state index contributed by atoms with van der Waals surface area (Å²) in [5.41, 5.74) is 5.43. The van der Waals surface area contributed by atoms with E-state index in [1.165, 1.54) is 0 Å². The first kappa shape index (κ1) is 10.6. The Bertz CT molecular complexity index is 295. The molecule has 1 rings (SSSR count). The number of amidine groups is 1. The molecule has 0 saturated carbocycles. The van der Waals surface area contributed by atoms with Crippen LogP contribution in [0, 0.1) is 0 Å². The lowest BCUT2D eigenvalue weighted by Crippen LogP contribution is -2.40. The van der Waals surface area contributed by atoms with E-state index in [9.17, 15) is 0 Å². The minimum Gasteiger partial charge on any atom is -0.468 e.